The van der Waals surface area contributed by atoms with Crippen LogP contribution in [0.2, 0.25) is 0 Å². The fourth-order valence-corrected chi connectivity index (χ4v) is 3.25. The van der Waals surface area contributed by atoms with E-state index in [0.717, 1.165) is 34.7 Å². The highest BCUT2D eigenvalue weighted by molar-refractivity contribution is 5.93. The zero-order valence-electron chi connectivity index (χ0n) is 13.9. The molecule has 0 atom stereocenters. The summed E-state index contributed by atoms with van der Waals surface area (Å²) >= 11 is 0. The van der Waals surface area contributed by atoms with Crippen LogP contribution >= 0.6 is 0 Å². The van der Waals surface area contributed by atoms with Crippen LogP contribution in [-0.2, 0) is 6.42 Å². The molecule has 3 N–H and O–H groups in total. The highest BCUT2D eigenvalue weighted by Crippen LogP contribution is 2.28. The first-order valence-electron chi connectivity index (χ1n) is 8.23. The predicted molar refractivity (Wildman–Crippen MR) is 100 cm³/mol. The molecule has 0 amide bonds. The maximum absolute atomic E-state index is 4.71. The second kappa shape index (κ2) is 5.89. The van der Waals surface area contributed by atoms with Gasteiger partial charge in [0.15, 0.2) is 0 Å². The van der Waals surface area contributed by atoms with Crippen molar-refractivity contribution in [2.75, 3.05) is 0 Å². The average Bonchev–Trinajstić information content (AvgIpc) is 3.33. The van der Waals surface area contributed by atoms with Crippen LogP contribution in [0.5, 0.6) is 0 Å². The van der Waals surface area contributed by atoms with E-state index in [4.69, 9.17) is 4.99 Å². The van der Waals surface area contributed by atoms with Crippen LogP contribution in [0, 0.1) is 6.92 Å². The van der Waals surface area contributed by atoms with Gasteiger partial charge in [-0.25, -0.2) is 0 Å². The molecule has 0 aliphatic carbocycles. The lowest BCUT2D eigenvalue weighted by Gasteiger charge is -1.99. The maximum atomic E-state index is 4.71. The number of aliphatic imine (C=N–C) groups is 1. The monoisotopic (exact) mass is 316 g/mol. The fourth-order valence-electron chi connectivity index (χ4n) is 3.25. The van der Waals surface area contributed by atoms with Crippen LogP contribution in [0.4, 0.5) is 5.69 Å². The normalized spacial score (nSPS) is 11.8. The van der Waals surface area contributed by atoms with Crippen molar-refractivity contribution in [3.63, 3.8) is 0 Å². The minimum absolute atomic E-state index is 0.950. The van der Waals surface area contributed by atoms with Gasteiger partial charge >= 0.3 is 0 Å². The summed E-state index contributed by atoms with van der Waals surface area (Å²) in [6.45, 7) is 4.33. The number of benzene rings is 1. The molecule has 3 aromatic heterocycles. The van der Waals surface area contributed by atoms with E-state index in [-0.39, 0.29) is 0 Å². The molecule has 0 unspecified atom stereocenters. The van der Waals surface area contributed by atoms with E-state index in [9.17, 15) is 0 Å². The lowest BCUT2D eigenvalue weighted by molar-refractivity contribution is 1.12. The van der Waals surface area contributed by atoms with E-state index in [1.807, 2.05) is 36.8 Å². The van der Waals surface area contributed by atoms with Crippen molar-refractivity contribution in [2.24, 2.45) is 4.99 Å². The summed E-state index contributed by atoms with van der Waals surface area (Å²) in [6.07, 6.45) is 6.81. The van der Waals surface area contributed by atoms with Crippen molar-refractivity contribution < 1.29 is 0 Å². The Morgan fingerprint density at radius 1 is 1.04 bits per heavy atom. The first-order valence-corrected chi connectivity index (χ1v) is 8.23. The molecule has 4 aromatic rings. The van der Waals surface area contributed by atoms with Gasteiger partial charge in [0, 0.05) is 17.8 Å². The van der Waals surface area contributed by atoms with Crippen molar-refractivity contribution in [3.8, 4) is 11.4 Å². The molecule has 0 aliphatic heterocycles. The minimum Gasteiger partial charge on any atom is -0.360 e. The second-order valence-corrected chi connectivity index (χ2v) is 5.93. The number of aromatic amines is 3. The lowest BCUT2D eigenvalue weighted by Crippen LogP contribution is -1.86. The zero-order chi connectivity index (χ0) is 16.5. The molecule has 0 spiro atoms. The molecule has 0 bridgehead atoms. The standard InChI is InChI=1S/C20H20N4/c1-3-15-13(2)18(24-20(15)17-8-5-10-21-17)12-23-16-7-4-6-14-9-11-22-19(14)16/h4-12,21-22,24H,3H2,1-2H3. The molecule has 1 aromatic carbocycles. The number of hydrogen-bond donors (Lipinski definition) is 3. The van der Waals surface area contributed by atoms with Gasteiger partial charge < -0.3 is 15.0 Å². The van der Waals surface area contributed by atoms with Crippen molar-refractivity contribution in [1.29, 1.82) is 0 Å². The minimum atomic E-state index is 0.950. The third kappa shape index (κ3) is 2.36. The number of nitrogens with zero attached hydrogens (tertiary/aromatic N) is 1. The molecule has 4 rings (SSSR count). The van der Waals surface area contributed by atoms with E-state index in [1.165, 1.54) is 16.5 Å². The third-order valence-electron chi connectivity index (χ3n) is 4.54. The molecule has 0 radical (unpaired) electrons. The lowest BCUT2D eigenvalue weighted by atomic mass is 10.1. The van der Waals surface area contributed by atoms with E-state index in [1.54, 1.807) is 0 Å². The van der Waals surface area contributed by atoms with Gasteiger partial charge in [0.2, 0.25) is 0 Å². The Morgan fingerprint density at radius 2 is 1.96 bits per heavy atom. The van der Waals surface area contributed by atoms with E-state index < -0.39 is 0 Å². The summed E-state index contributed by atoms with van der Waals surface area (Å²) in [4.78, 5) is 14.8. The van der Waals surface area contributed by atoms with Crippen LogP contribution in [-0.4, -0.2) is 21.2 Å². The molecule has 0 aliphatic rings. The molecule has 0 fully saturated rings. The Balaban J connectivity index is 1.76. The topological polar surface area (TPSA) is 59.7 Å². The average molecular weight is 316 g/mol. The summed E-state index contributed by atoms with van der Waals surface area (Å²) in [5.74, 6) is 0. The molecule has 24 heavy (non-hydrogen) atoms. The van der Waals surface area contributed by atoms with E-state index >= 15 is 0 Å². The zero-order valence-corrected chi connectivity index (χ0v) is 13.9. The number of para-hydroxylation sites is 1. The molecule has 4 nitrogen and oxygen atoms in total. The molecule has 4 heteroatoms. The summed E-state index contributed by atoms with van der Waals surface area (Å²) in [6, 6.07) is 12.3. The number of nitrogens with one attached hydrogen (secondary N) is 3. The molecule has 3 heterocycles. The smallest absolute Gasteiger partial charge is 0.0871 e. The number of H-pyrrole nitrogens is 3. The Hall–Kier alpha value is -3.01. The third-order valence-corrected chi connectivity index (χ3v) is 4.54. The molecular formula is C20H20N4. The van der Waals surface area contributed by atoms with Crippen LogP contribution in [0.1, 0.15) is 23.7 Å². The van der Waals surface area contributed by atoms with E-state index in [0.29, 0.717) is 0 Å². The largest absolute Gasteiger partial charge is 0.360 e. The van der Waals surface area contributed by atoms with Gasteiger partial charge in [0.25, 0.3) is 0 Å². The highest BCUT2D eigenvalue weighted by Gasteiger charge is 2.13. The second-order valence-electron chi connectivity index (χ2n) is 5.93. The first-order chi connectivity index (χ1) is 11.8. The van der Waals surface area contributed by atoms with Gasteiger partial charge in [-0.05, 0) is 48.7 Å². The summed E-state index contributed by atoms with van der Waals surface area (Å²) in [7, 11) is 0. The molecule has 120 valence electrons. The highest BCUT2D eigenvalue weighted by atomic mass is 14.8. The number of aromatic nitrogens is 3. The van der Waals surface area contributed by atoms with Gasteiger partial charge in [-0.2, -0.15) is 0 Å². The van der Waals surface area contributed by atoms with Crippen molar-refractivity contribution in [2.45, 2.75) is 20.3 Å². The summed E-state index contributed by atoms with van der Waals surface area (Å²) in [5.41, 5.74) is 7.92. The Labute approximate surface area is 140 Å². The Kier molecular flexibility index (Phi) is 3.58. The molecule has 0 saturated heterocycles. The van der Waals surface area contributed by atoms with E-state index in [2.05, 4.69) is 47.0 Å². The van der Waals surface area contributed by atoms with Crippen LogP contribution < -0.4 is 0 Å². The molecular weight excluding hydrogens is 296 g/mol. The summed E-state index contributed by atoms with van der Waals surface area (Å²) < 4.78 is 0. The van der Waals surface area contributed by atoms with Crippen LogP contribution in [0.15, 0.2) is 53.8 Å². The number of fused-ring (bicyclic) bond motifs is 1. The van der Waals surface area contributed by atoms with Crippen molar-refractivity contribution >= 4 is 22.8 Å². The van der Waals surface area contributed by atoms with Crippen molar-refractivity contribution in [1.82, 2.24) is 15.0 Å². The van der Waals surface area contributed by atoms with Crippen LogP contribution in [0.25, 0.3) is 22.3 Å². The van der Waals surface area contributed by atoms with Gasteiger partial charge in [0.1, 0.15) is 0 Å². The maximum Gasteiger partial charge on any atom is 0.0871 e. The van der Waals surface area contributed by atoms with Crippen molar-refractivity contribution in [3.05, 3.63) is 65.6 Å². The van der Waals surface area contributed by atoms with Gasteiger partial charge in [-0.3, -0.25) is 4.99 Å². The van der Waals surface area contributed by atoms with Gasteiger partial charge in [0.05, 0.1) is 34.5 Å². The number of rotatable bonds is 4. The van der Waals surface area contributed by atoms with Gasteiger partial charge in [-0.15, -0.1) is 0 Å². The SMILES string of the molecule is CCc1c(-c2ccc[nH]2)[nH]c(C=Nc2cccc3cc[nH]c23)c1C. The molecule has 0 saturated carbocycles. The number of hydrogen-bond acceptors (Lipinski definition) is 1. The summed E-state index contributed by atoms with van der Waals surface area (Å²) in [5, 5.41) is 1.18. The Morgan fingerprint density at radius 3 is 2.75 bits per heavy atom. The van der Waals surface area contributed by atoms with Gasteiger partial charge in [-0.1, -0.05) is 19.1 Å². The fraction of sp³-hybridized carbons (Fsp3) is 0.150. The first kappa shape index (κ1) is 14.6. The Bertz CT molecular complexity index is 1000. The quantitative estimate of drug-likeness (QED) is 0.438. The predicted octanol–water partition coefficient (Wildman–Crippen LogP) is 5.11. The van der Waals surface area contributed by atoms with Crippen LogP contribution in [0.3, 0.4) is 0 Å².